The van der Waals surface area contributed by atoms with Crippen LogP contribution in [0.25, 0.3) is 10.2 Å². The van der Waals surface area contributed by atoms with E-state index in [2.05, 4.69) is 33.8 Å². The van der Waals surface area contributed by atoms with Crippen LogP contribution in [0.1, 0.15) is 26.6 Å². The number of aryl methyl sites for hydroxylation is 1. The van der Waals surface area contributed by atoms with Crippen LogP contribution in [0.15, 0.2) is 21.6 Å². The Bertz CT molecular complexity index is 928. The second-order valence-electron chi connectivity index (χ2n) is 5.68. The van der Waals surface area contributed by atoms with E-state index in [1.807, 2.05) is 0 Å². The largest absolute Gasteiger partial charge is 0.465 e. The van der Waals surface area contributed by atoms with Crippen molar-refractivity contribution in [1.29, 1.82) is 0 Å². The summed E-state index contributed by atoms with van der Waals surface area (Å²) in [5, 5.41) is 4.64. The van der Waals surface area contributed by atoms with Crippen molar-refractivity contribution in [3.8, 4) is 0 Å². The van der Waals surface area contributed by atoms with Crippen LogP contribution in [0.3, 0.4) is 0 Å². The summed E-state index contributed by atoms with van der Waals surface area (Å²) in [6.45, 7) is 3.21. The number of thiophene rings is 2. The molecule has 3 aromatic heterocycles. The van der Waals surface area contributed by atoms with Crippen molar-refractivity contribution in [2.24, 2.45) is 0 Å². The summed E-state index contributed by atoms with van der Waals surface area (Å²) in [5.41, 5.74) is 1.68. The third-order valence-electron chi connectivity index (χ3n) is 3.78. The molecule has 3 heterocycles. The first-order chi connectivity index (χ1) is 11.5. The van der Waals surface area contributed by atoms with Gasteiger partial charge in [-0.05, 0) is 29.3 Å². The van der Waals surface area contributed by atoms with Gasteiger partial charge in [0.25, 0.3) is 5.56 Å². The first kappa shape index (κ1) is 16.8. The number of hydrogen-bond acceptors (Lipinski definition) is 6. The Labute approximate surface area is 146 Å². The summed E-state index contributed by atoms with van der Waals surface area (Å²) in [6, 6.07) is 2.10. The van der Waals surface area contributed by atoms with E-state index in [0.717, 1.165) is 6.54 Å². The molecule has 3 aromatic rings. The molecule has 2 N–H and O–H groups in total. The maximum Gasteiger partial charge on any atom is 0.348 e. The first-order valence-corrected chi connectivity index (χ1v) is 9.18. The van der Waals surface area contributed by atoms with Gasteiger partial charge in [0, 0.05) is 5.56 Å². The molecule has 24 heavy (non-hydrogen) atoms. The molecule has 0 aliphatic heterocycles. The lowest BCUT2D eigenvalue weighted by molar-refractivity contribution is -0.908. The third-order valence-corrected chi connectivity index (χ3v) is 5.67. The predicted octanol–water partition coefficient (Wildman–Crippen LogP) is 1.36. The number of carbonyl (C=O) groups is 1. The third kappa shape index (κ3) is 3.26. The first-order valence-electron chi connectivity index (χ1n) is 7.42. The van der Waals surface area contributed by atoms with Crippen LogP contribution in [-0.2, 0) is 17.8 Å². The summed E-state index contributed by atoms with van der Waals surface area (Å²) in [5.74, 6) is 0.189. The zero-order valence-electron chi connectivity index (χ0n) is 13.6. The second-order valence-corrected chi connectivity index (χ2v) is 7.46. The lowest BCUT2D eigenvalue weighted by Crippen LogP contribution is -3.06. The Hall–Kier alpha value is -2.03. The molecular weight excluding hydrogens is 346 g/mol. The van der Waals surface area contributed by atoms with E-state index in [0.29, 0.717) is 33.0 Å². The molecule has 1 atom stereocenters. The van der Waals surface area contributed by atoms with Gasteiger partial charge in [-0.25, -0.2) is 9.78 Å². The molecule has 1 unspecified atom stereocenters. The smallest absolute Gasteiger partial charge is 0.348 e. The number of aromatic amines is 1. The maximum absolute atomic E-state index is 12.4. The number of nitrogens with zero attached hydrogens (tertiary/aromatic N) is 1. The van der Waals surface area contributed by atoms with Crippen molar-refractivity contribution in [1.82, 2.24) is 9.97 Å². The highest BCUT2D eigenvalue weighted by molar-refractivity contribution is 7.20. The maximum atomic E-state index is 12.4. The van der Waals surface area contributed by atoms with E-state index < -0.39 is 5.97 Å². The number of aromatic nitrogens is 2. The molecule has 0 saturated carbocycles. The molecular formula is C16H18N3O3S2+. The van der Waals surface area contributed by atoms with Crippen molar-refractivity contribution < 1.29 is 14.4 Å². The minimum Gasteiger partial charge on any atom is -0.465 e. The van der Waals surface area contributed by atoms with E-state index >= 15 is 0 Å². The SMILES string of the molecule is COC(=O)c1sc2nc(C[NH+](C)Cc3ccsc3)[nH]c(=O)c2c1C. The van der Waals surface area contributed by atoms with Gasteiger partial charge in [0.2, 0.25) is 0 Å². The Morgan fingerprint density at radius 1 is 1.42 bits per heavy atom. The number of esters is 1. The van der Waals surface area contributed by atoms with Crippen LogP contribution in [0.4, 0.5) is 0 Å². The number of H-pyrrole nitrogens is 1. The molecule has 8 heteroatoms. The van der Waals surface area contributed by atoms with Crippen LogP contribution in [0.2, 0.25) is 0 Å². The standard InChI is InChI=1S/C16H17N3O3S2/c1-9-12-14(20)17-11(7-19(2)6-10-4-5-23-8-10)18-15(12)24-13(9)16(21)22-3/h4-5,8H,6-7H2,1-3H3,(H,17,18,20)/p+1. The zero-order chi connectivity index (χ0) is 17.3. The number of carbonyl (C=O) groups excluding carboxylic acids is 1. The molecule has 6 nitrogen and oxygen atoms in total. The number of quaternary nitrogens is 1. The lowest BCUT2D eigenvalue weighted by atomic mass is 10.2. The average Bonchev–Trinajstić information content (AvgIpc) is 3.14. The van der Waals surface area contributed by atoms with Gasteiger partial charge in [-0.2, -0.15) is 11.3 Å². The van der Waals surface area contributed by atoms with Gasteiger partial charge in [0.05, 0.1) is 19.5 Å². The van der Waals surface area contributed by atoms with Crippen molar-refractivity contribution >= 4 is 38.9 Å². The van der Waals surface area contributed by atoms with Crippen LogP contribution in [0.5, 0.6) is 0 Å². The number of methoxy groups -OCH3 is 1. The zero-order valence-corrected chi connectivity index (χ0v) is 15.3. The van der Waals surface area contributed by atoms with Crippen LogP contribution >= 0.6 is 22.7 Å². The fraction of sp³-hybridized carbons (Fsp3) is 0.312. The molecule has 3 rings (SSSR count). The number of fused-ring (bicyclic) bond motifs is 1. The molecule has 0 amide bonds. The van der Waals surface area contributed by atoms with Gasteiger partial charge in [-0.3, -0.25) is 4.79 Å². The molecule has 0 aromatic carbocycles. The summed E-state index contributed by atoms with van der Waals surface area (Å²) in [4.78, 5) is 33.8. The van der Waals surface area contributed by atoms with Gasteiger partial charge >= 0.3 is 5.97 Å². The number of ether oxygens (including phenoxy) is 1. The molecule has 126 valence electrons. The normalized spacial score (nSPS) is 12.5. The number of rotatable bonds is 5. The summed E-state index contributed by atoms with van der Waals surface area (Å²) >= 11 is 2.88. The van der Waals surface area contributed by atoms with Crippen molar-refractivity contribution in [2.45, 2.75) is 20.0 Å². The molecule has 0 aliphatic rings. The van der Waals surface area contributed by atoms with E-state index in [4.69, 9.17) is 4.74 Å². The van der Waals surface area contributed by atoms with Crippen LogP contribution in [-0.4, -0.2) is 30.1 Å². The molecule has 0 radical (unpaired) electrons. The summed E-state index contributed by atoms with van der Waals surface area (Å²) < 4.78 is 4.77. The molecule has 0 spiro atoms. The molecule has 0 bridgehead atoms. The lowest BCUT2D eigenvalue weighted by Gasteiger charge is -2.12. The Balaban J connectivity index is 1.90. The number of nitrogens with one attached hydrogen (secondary N) is 2. The highest BCUT2D eigenvalue weighted by Gasteiger charge is 2.20. The average molecular weight is 364 g/mol. The highest BCUT2D eigenvalue weighted by atomic mass is 32.1. The van der Waals surface area contributed by atoms with Crippen LogP contribution in [0, 0.1) is 6.92 Å². The Morgan fingerprint density at radius 3 is 2.88 bits per heavy atom. The Morgan fingerprint density at radius 2 is 2.21 bits per heavy atom. The van der Waals surface area contributed by atoms with Crippen LogP contribution < -0.4 is 10.5 Å². The molecule has 0 fully saturated rings. The van der Waals surface area contributed by atoms with E-state index in [-0.39, 0.29) is 5.56 Å². The minimum absolute atomic E-state index is 0.206. The number of hydrogen-bond donors (Lipinski definition) is 2. The van der Waals surface area contributed by atoms with E-state index in [1.165, 1.54) is 28.9 Å². The van der Waals surface area contributed by atoms with E-state index in [9.17, 15) is 9.59 Å². The minimum atomic E-state index is -0.434. The predicted molar refractivity (Wildman–Crippen MR) is 94.9 cm³/mol. The van der Waals surface area contributed by atoms with Gasteiger partial charge < -0.3 is 14.6 Å². The molecule has 0 saturated heterocycles. The fourth-order valence-corrected chi connectivity index (χ4v) is 4.44. The van der Waals surface area contributed by atoms with Gasteiger partial charge in [-0.1, -0.05) is 0 Å². The fourth-order valence-electron chi connectivity index (χ4n) is 2.65. The van der Waals surface area contributed by atoms with Gasteiger partial charge in [-0.15, -0.1) is 11.3 Å². The Kier molecular flexibility index (Phi) is 4.79. The van der Waals surface area contributed by atoms with E-state index in [1.54, 1.807) is 18.3 Å². The van der Waals surface area contributed by atoms with Crippen molar-refractivity contribution in [2.75, 3.05) is 14.2 Å². The second kappa shape index (κ2) is 6.84. The summed E-state index contributed by atoms with van der Waals surface area (Å²) in [7, 11) is 3.39. The van der Waals surface area contributed by atoms with Crippen molar-refractivity contribution in [3.05, 3.63) is 49.0 Å². The highest BCUT2D eigenvalue weighted by Crippen LogP contribution is 2.27. The monoisotopic (exact) mass is 364 g/mol. The topological polar surface area (TPSA) is 76.5 Å². The quantitative estimate of drug-likeness (QED) is 0.670. The summed E-state index contributed by atoms with van der Waals surface area (Å²) in [6.07, 6.45) is 0. The van der Waals surface area contributed by atoms with Crippen molar-refractivity contribution in [3.63, 3.8) is 0 Å². The van der Waals surface area contributed by atoms with Gasteiger partial charge in [0.15, 0.2) is 5.82 Å². The van der Waals surface area contributed by atoms with Gasteiger partial charge in [0.1, 0.15) is 22.8 Å². The molecule has 0 aliphatic carbocycles.